The molecule has 0 bridgehead atoms. The molecule has 27 heavy (non-hydrogen) atoms. The molecule has 1 aliphatic carbocycles. The molecule has 0 aromatic heterocycles. The van der Waals surface area contributed by atoms with Crippen molar-refractivity contribution in [2.75, 3.05) is 25.9 Å². The van der Waals surface area contributed by atoms with Crippen molar-refractivity contribution in [2.24, 2.45) is 5.92 Å². The number of quaternary nitrogens is 1. The van der Waals surface area contributed by atoms with Crippen molar-refractivity contribution < 1.29 is 4.65 Å². The number of likely N-dealkylation sites (tertiary alicyclic amines) is 1. The summed E-state index contributed by atoms with van der Waals surface area (Å²) in [5.74, 6) is 0.924. The van der Waals surface area contributed by atoms with E-state index in [0.717, 1.165) is 48.5 Å². The molecule has 0 amide bonds. The Balaban J connectivity index is 1.50. The van der Waals surface area contributed by atoms with Crippen molar-refractivity contribution in [1.29, 1.82) is 0 Å². The van der Waals surface area contributed by atoms with Crippen LogP contribution in [0.15, 0.2) is 48.5 Å². The highest BCUT2D eigenvalue weighted by Gasteiger charge is 2.45. The molecule has 2 aliphatic rings. The first-order valence-electron chi connectivity index (χ1n) is 9.79. The van der Waals surface area contributed by atoms with Crippen LogP contribution in [0.1, 0.15) is 30.7 Å². The van der Waals surface area contributed by atoms with Gasteiger partial charge in [-0.15, -0.1) is 0 Å². The zero-order chi connectivity index (χ0) is 18.9. The van der Waals surface area contributed by atoms with Crippen molar-refractivity contribution in [3.63, 3.8) is 0 Å². The predicted molar refractivity (Wildman–Crippen MR) is 116 cm³/mol. The molecular weight excluding hydrogens is 376 g/mol. The van der Waals surface area contributed by atoms with Crippen molar-refractivity contribution in [3.05, 3.63) is 64.3 Å². The second kappa shape index (κ2) is 8.14. The largest absolute Gasteiger partial charge is 0.633 e. The van der Waals surface area contributed by atoms with E-state index >= 15 is 0 Å². The SMILES string of the molecule is CSNC1CCC[N+]([O-])(CC2CC2c2cccc(Cl)c2-c2ccccc2)C1. The van der Waals surface area contributed by atoms with E-state index in [4.69, 9.17) is 11.6 Å². The Hall–Kier alpha value is -1.04. The molecule has 1 saturated heterocycles. The second-order valence-corrected chi connectivity index (χ2v) is 9.03. The van der Waals surface area contributed by atoms with Gasteiger partial charge in [-0.1, -0.05) is 66.0 Å². The molecule has 3 nitrogen and oxygen atoms in total. The summed E-state index contributed by atoms with van der Waals surface area (Å²) in [6, 6.07) is 16.9. The summed E-state index contributed by atoms with van der Waals surface area (Å²) in [5, 5.41) is 14.1. The number of benzene rings is 2. The van der Waals surface area contributed by atoms with E-state index in [2.05, 4.69) is 35.1 Å². The van der Waals surface area contributed by atoms with E-state index in [1.54, 1.807) is 11.9 Å². The average Bonchev–Trinajstić information content (AvgIpc) is 3.40. The molecule has 1 aliphatic heterocycles. The third-order valence-corrected chi connectivity index (χ3v) is 6.84. The van der Waals surface area contributed by atoms with Crippen LogP contribution in [-0.4, -0.2) is 36.6 Å². The fraction of sp³-hybridized carbons (Fsp3) is 0.455. The minimum atomic E-state index is -0.0410. The zero-order valence-corrected chi connectivity index (χ0v) is 17.3. The number of hydrogen-bond acceptors (Lipinski definition) is 3. The Morgan fingerprint density at radius 2 is 2.00 bits per heavy atom. The van der Waals surface area contributed by atoms with Crippen LogP contribution in [-0.2, 0) is 0 Å². The summed E-state index contributed by atoms with van der Waals surface area (Å²) in [6.07, 6.45) is 5.27. The zero-order valence-electron chi connectivity index (χ0n) is 15.7. The number of hydrogen-bond donors (Lipinski definition) is 1. The quantitative estimate of drug-likeness (QED) is 0.396. The Labute approximate surface area is 171 Å². The van der Waals surface area contributed by atoms with Crippen molar-refractivity contribution in [1.82, 2.24) is 4.72 Å². The van der Waals surface area contributed by atoms with Gasteiger partial charge in [0.25, 0.3) is 0 Å². The average molecular weight is 403 g/mol. The van der Waals surface area contributed by atoms with Gasteiger partial charge in [0.1, 0.15) is 0 Å². The number of nitrogens with one attached hydrogen (secondary N) is 1. The molecule has 144 valence electrons. The van der Waals surface area contributed by atoms with Crippen molar-refractivity contribution in [2.45, 2.75) is 31.2 Å². The van der Waals surface area contributed by atoms with E-state index in [0.29, 0.717) is 24.4 Å². The van der Waals surface area contributed by atoms with Gasteiger partial charge in [0.2, 0.25) is 0 Å². The molecule has 0 radical (unpaired) electrons. The van der Waals surface area contributed by atoms with Crippen LogP contribution in [0.5, 0.6) is 0 Å². The van der Waals surface area contributed by atoms with Gasteiger partial charge in [0.15, 0.2) is 0 Å². The Morgan fingerprint density at radius 3 is 2.78 bits per heavy atom. The fourth-order valence-electron chi connectivity index (χ4n) is 4.66. The fourth-order valence-corrected chi connectivity index (χ4v) is 5.47. The van der Waals surface area contributed by atoms with Gasteiger partial charge >= 0.3 is 0 Å². The molecule has 0 spiro atoms. The first-order valence-corrected chi connectivity index (χ1v) is 11.4. The topological polar surface area (TPSA) is 35.1 Å². The molecule has 2 fully saturated rings. The van der Waals surface area contributed by atoms with Crippen LogP contribution in [0, 0.1) is 11.1 Å². The molecule has 4 unspecified atom stereocenters. The van der Waals surface area contributed by atoms with E-state index < -0.39 is 0 Å². The molecule has 2 aromatic carbocycles. The standard InChI is InChI=1S/C22H27ClN2OS/c1-27-24-18-9-6-12-25(26,15-18)14-17-13-20(17)19-10-5-11-21(23)22(19)16-7-3-2-4-8-16/h2-5,7-8,10-11,17-18,20,24H,6,9,12-15H2,1H3. The van der Waals surface area contributed by atoms with E-state index in [1.165, 1.54) is 5.56 Å². The van der Waals surface area contributed by atoms with Gasteiger partial charge < -0.3 is 9.85 Å². The van der Waals surface area contributed by atoms with Crippen LogP contribution in [0.4, 0.5) is 0 Å². The van der Waals surface area contributed by atoms with E-state index in [-0.39, 0.29) is 4.65 Å². The van der Waals surface area contributed by atoms with Gasteiger partial charge in [0, 0.05) is 16.5 Å². The highest BCUT2D eigenvalue weighted by molar-refractivity contribution is 7.96. The highest BCUT2D eigenvalue weighted by Crippen LogP contribution is 2.52. The lowest BCUT2D eigenvalue weighted by Crippen LogP contribution is -2.55. The molecule has 1 saturated carbocycles. The molecule has 1 heterocycles. The van der Waals surface area contributed by atoms with Crippen molar-refractivity contribution in [3.8, 4) is 11.1 Å². The number of hydroxylamine groups is 3. The molecule has 4 rings (SSSR count). The summed E-state index contributed by atoms with van der Waals surface area (Å²) in [6.45, 7) is 2.19. The monoisotopic (exact) mass is 402 g/mol. The number of nitrogens with zero attached hydrogens (tertiary/aromatic N) is 1. The number of rotatable bonds is 6. The minimum Gasteiger partial charge on any atom is -0.633 e. The Morgan fingerprint density at radius 1 is 1.19 bits per heavy atom. The minimum absolute atomic E-state index is 0.0410. The van der Waals surface area contributed by atoms with Gasteiger partial charge in [-0.2, -0.15) is 0 Å². The van der Waals surface area contributed by atoms with Crippen LogP contribution in [0.2, 0.25) is 5.02 Å². The first kappa shape index (κ1) is 19.3. The third kappa shape index (κ3) is 4.36. The molecular formula is C22H27ClN2OS. The van der Waals surface area contributed by atoms with Gasteiger partial charge in [-0.25, -0.2) is 0 Å². The summed E-state index contributed by atoms with van der Waals surface area (Å²) in [7, 11) is 0. The van der Waals surface area contributed by atoms with Crippen LogP contribution in [0.25, 0.3) is 11.1 Å². The second-order valence-electron chi connectivity index (χ2n) is 7.98. The lowest BCUT2D eigenvalue weighted by molar-refractivity contribution is -0.888. The maximum atomic E-state index is 13.3. The van der Waals surface area contributed by atoms with Gasteiger partial charge in [0.05, 0.1) is 25.7 Å². The summed E-state index contributed by atoms with van der Waals surface area (Å²) in [4.78, 5) is 0. The maximum Gasteiger partial charge on any atom is 0.0948 e. The van der Waals surface area contributed by atoms with E-state index in [1.807, 2.05) is 24.5 Å². The third-order valence-electron chi connectivity index (χ3n) is 5.95. The smallest absolute Gasteiger partial charge is 0.0948 e. The summed E-state index contributed by atoms with van der Waals surface area (Å²) in [5.41, 5.74) is 3.61. The Kier molecular flexibility index (Phi) is 5.81. The predicted octanol–water partition coefficient (Wildman–Crippen LogP) is 5.46. The van der Waals surface area contributed by atoms with Crippen molar-refractivity contribution >= 4 is 23.5 Å². The van der Waals surface area contributed by atoms with Gasteiger partial charge in [-0.3, -0.25) is 4.72 Å². The first-order chi connectivity index (χ1) is 13.1. The van der Waals surface area contributed by atoms with Crippen LogP contribution in [0.3, 0.4) is 0 Å². The van der Waals surface area contributed by atoms with Crippen LogP contribution >= 0.6 is 23.5 Å². The lowest BCUT2D eigenvalue weighted by atomic mass is 9.95. The maximum absolute atomic E-state index is 13.3. The summed E-state index contributed by atoms with van der Waals surface area (Å²) >= 11 is 8.21. The molecule has 2 aromatic rings. The number of halogens is 1. The van der Waals surface area contributed by atoms with Gasteiger partial charge in [-0.05, 0) is 48.6 Å². The molecule has 4 atom stereocenters. The highest BCUT2D eigenvalue weighted by atomic mass is 35.5. The molecule has 5 heteroatoms. The summed E-state index contributed by atoms with van der Waals surface area (Å²) < 4.78 is 3.36. The lowest BCUT2D eigenvalue weighted by Gasteiger charge is -2.48. The van der Waals surface area contributed by atoms with Crippen LogP contribution < -0.4 is 4.72 Å². The molecule has 1 N–H and O–H groups in total. The van der Waals surface area contributed by atoms with E-state index in [9.17, 15) is 5.21 Å². The number of piperidine rings is 1. The normalized spacial score (nSPS) is 30.3. The Bertz CT molecular complexity index is 785.